The van der Waals surface area contributed by atoms with E-state index in [1.807, 2.05) is 27.1 Å². The fourth-order valence-corrected chi connectivity index (χ4v) is 1.43. The summed E-state index contributed by atoms with van der Waals surface area (Å²) in [5.74, 6) is -0.0689. The predicted octanol–water partition coefficient (Wildman–Crippen LogP) is 1.19. The van der Waals surface area contributed by atoms with Gasteiger partial charge in [0.1, 0.15) is 0 Å². The number of hydrogen-bond donors (Lipinski definition) is 2. The first kappa shape index (κ1) is 14.4. The Morgan fingerprint density at radius 2 is 2.11 bits per heavy atom. The molecule has 0 atom stereocenters. The topological polar surface area (TPSA) is 57.3 Å². The molecule has 5 nitrogen and oxygen atoms in total. The first-order chi connectivity index (χ1) is 8.63. The number of rotatable bonds is 7. The average molecular weight is 250 g/mol. The minimum atomic E-state index is -0.0689. The minimum absolute atomic E-state index is 0.0689. The third-order valence-electron chi connectivity index (χ3n) is 2.42. The van der Waals surface area contributed by atoms with Crippen molar-refractivity contribution in [2.24, 2.45) is 0 Å². The maximum absolute atomic E-state index is 11.8. The van der Waals surface area contributed by atoms with Crippen LogP contribution >= 0.6 is 0 Å². The van der Waals surface area contributed by atoms with Gasteiger partial charge in [-0.15, -0.1) is 0 Å². The minimum Gasteiger partial charge on any atom is -0.382 e. The van der Waals surface area contributed by atoms with Crippen molar-refractivity contribution in [1.82, 2.24) is 15.2 Å². The van der Waals surface area contributed by atoms with Gasteiger partial charge in [0.25, 0.3) is 5.91 Å². The molecule has 0 bridgehead atoms. The van der Waals surface area contributed by atoms with Crippen LogP contribution in [0.5, 0.6) is 0 Å². The van der Waals surface area contributed by atoms with Crippen molar-refractivity contribution in [3.63, 3.8) is 0 Å². The molecule has 0 unspecified atom stereocenters. The van der Waals surface area contributed by atoms with Gasteiger partial charge in [-0.05, 0) is 26.6 Å². The Morgan fingerprint density at radius 3 is 2.78 bits per heavy atom. The fourth-order valence-electron chi connectivity index (χ4n) is 1.43. The highest BCUT2D eigenvalue weighted by atomic mass is 16.1. The van der Waals surface area contributed by atoms with Gasteiger partial charge in [0.05, 0.1) is 11.3 Å². The number of pyridine rings is 1. The van der Waals surface area contributed by atoms with E-state index < -0.39 is 0 Å². The number of likely N-dealkylation sites (N-methyl/N-ethyl adjacent to an activating group) is 1. The molecule has 1 rings (SSSR count). The van der Waals surface area contributed by atoms with Gasteiger partial charge in [0, 0.05) is 32.0 Å². The van der Waals surface area contributed by atoms with E-state index in [1.54, 1.807) is 12.4 Å². The van der Waals surface area contributed by atoms with Crippen LogP contribution in [-0.4, -0.2) is 49.5 Å². The lowest BCUT2D eigenvalue weighted by Crippen LogP contribution is -2.24. The Bertz CT molecular complexity index is 379. The normalized spacial score (nSPS) is 10.4. The molecule has 0 saturated heterocycles. The molecule has 1 amide bonds. The van der Waals surface area contributed by atoms with Gasteiger partial charge in [-0.3, -0.25) is 9.78 Å². The maximum Gasteiger partial charge on any atom is 0.252 e. The molecule has 18 heavy (non-hydrogen) atoms. The van der Waals surface area contributed by atoms with Gasteiger partial charge in [0.2, 0.25) is 0 Å². The van der Waals surface area contributed by atoms with Crippen LogP contribution in [0.15, 0.2) is 18.5 Å². The van der Waals surface area contributed by atoms with Crippen molar-refractivity contribution in [3.8, 4) is 0 Å². The molecule has 1 aromatic heterocycles. The van der Waals surface area contributed by atoms with E-state index in [4.69, 9.17) is 0 Å². The first-order valence-corrected chi connectivity index (χ1v) is 6.25. The van der Waals surface area contributed by atoms with Crippen LogP contribution in [0.1, 0.15) is 23.7 Å². The van der Waals surface area contributed by atoms with Crippen LogP contribution in [0.4, 0.5) is 5.69 Å². The van der Waals surface area contributed by atoms with Crippen molar-refractivity contribution >= 4 is 11.6 Å². The molecule has 0 spiro atoms. The van der Waals surface area contributed by atoms with Crippen molar-refractivity contribution in [2.45, 2.75) is 13.3 Å². The zero-order valence-corrected chi connectivity index (χ0v) is 11.4. The lowest BCUT2D eigenvalue weighted by atomic mass is 10.2. The summed E-state index contributed by atoms with van der Waals surface area (Å²) in [4.78, 5) is 17.9. The maximum atomic E-state index is 11.8. The molecule has 0 aliphatic rings. The van der Waals surface area contributed by atoms with Gasteiger partial charge in [-0.25, -0.2) is 0 Å². The van der Waals surface area contributed by atoms with Crippen molar-refractivity contribution in [1.29, 1.82) is 0 Å². The molecule has 0 aromatic carbocycles. The standard InChI is InChI=1S/C13H22N4O/c1-4-5-16-13(18)11-8-12(10-14-9-11)15-6-7-17(2)3/h8-10,15H,4-7H2,1-3H3,(H,16,18). The third-order valence-corrected chi connectivity index (χ3v) is 2.42. The summed E-state index contributed by atoms with van der Waals surface area (Å²) >= 11 is 0. The van der Waals surface area contributed by atoms with E-state index >= 15 is 0 Å². The number of amides is 1. The molecule has 0 saturated carbocycles. The molecule has 2 N–H and O–H groups in total. The number of nitrogens with zero attached hydrogens (tertiary/aromatic N) is 2. The molecule has 0 fully saturated rings. The SMILES string of the molecule is CCCNC(=O)c1cncc(NCCN(C)C)c1. The summed E-state index contributed by atoms with van der Waals surface area (Å²) in [5.41, 5.74) is 1.47. The summed E-state index contributed by atoms with van der Waals surface area (Å²) < 4.78 is 0. The lowest BCUT2D eigenvalue weighted by Gasteiger charge is -2.11. The van der Waals surface area contributed by atoms with E-state index in [0.717, 1.165) is 25.2 Å². The van der Waals surface area contributed by atoms with E-state index in [9.17, 15) is 4.79 Å². The van der Waals surface area contributed by atoms with Crippen LogP contribution in [0, 0.1) is 0 Å². The third kappa shape index (κ3) is 5.14. The van der Waals surface area contributed by atoms with E-state index in [2.05, 4.69) is 20.5 Å². The van der Waals surface area contributed by atoms with Crippen LogP contribution in [0.3, 0.4) is 0 Å². The molecule has 0 radical (unpaired) electrons. The van der Waals surface area contributed by atoms with Crippen LogP contribution < -0.4 is 10.6 Å². The zero-order chi connectivity index (χ0) is 13.4. The summed E-state index contributed by atoms with van der Waals surface area (Å²) in [6, 6.07) is 1.83. The highest BCUT2D eigenvalue weighted by Crippen LogP contribution is 2.07. The average Bonchev–Trinajstić information content (AvgIpc) is 2.36. The quantitative estimate of drug-likeness (QED) is 0.763. The molecule has 1 heterocycles. The number of aromatic nitrogens is 1. The van der Waals surface area contributed by atoms with E-state index in [-0.39, 0.29) is 5.91 Å². The second kappa shape index (κ2) is 7.66. The summed E-state index contributed by atoms with van der Waals surface area (Å²) in [5, 5.41) is 6.08. The Balaban J connectivity index is 2.53. The predicted molar refractivity (Wildman–Crippen MR) is 73.9 cm³/mol. The molecular weight excluding hydrogens is 228 g/mol. The van der Waals surface area contributed by atoms with Crippen LogP contribution in [-0.2, 0) is 0 Å². The number of hydrogen-bond acceptors (Lipinski definition) is 4. The number of carbonyl (C=O) groups is 1. The smallest absolute Gasteiger partial charge is 0.252 e. The molecule has 0 aliphatic carbocycles. The molecule has 1 aromatic rings. The van der Waals surface area contributed by atoms with E-state index in [1.165, 1.54) is 0 Å². The molecule has 5 heteroatoms. The Labute approximate surface area is 109 Å². The van der Waals surface area contributed by atoms with Gasteiger partial charge < -0.3 is 15.5 Å². The number of nitrogens with one attached hydrogen (secondary N) is 2. The lowest BCUT2D eigenvalue weighted by molar-refractivity contribution is 0.0953. The Morgan fingerprint density at radius 1 is 1.33 bits per heavy atom. The molecule has 100 valence electrons. The summed E-state index contributed by atoms with van der Waals surface area (Å²) in [6.07, 6.45) is 4.24. The Hall–Kier alpha value is -1.62. The van der Waals surface area contributed by atoms with Crippen LogP contribution in [0.2, 0.25) is 0 Å². The van der Waals surface area contributed by atoms with Crippen molar-refractivity contribution in [2.75, 3.05) is 39.0 Å². The van der Waals surface area contributed by atoms with Gasteiger partial charge >= 0.3 is 0 Å². The van der Waals surface area contributed by atoms with Gasteiger partial charge in [-0.1, -0.05) is 6.92 Å². The van der Waals surface area contributed by atoms with E-state index in [0.29, 0.717) is 12.1 Å². The second-order valence-electron chi connectivity index (χ2n) is 4.45. The largest absolute Gasteiger partial charge is 0.382 e. The Kier molecular flexibility index (Phi) is 6.14. The first-order valence-electron chi connectivity index (χ1n) is 6.25. The highest BCUT2D eigenvalue weighted by molar-refractivity contribution is 5.94. The second-order valence-corrected chi connectivity index (χ2v) is 4.45. The number of anilines is 1. The van der Waals surface area contributed by atoms with Gasteiger partial charge in [0.15, 0.2) is 0 Å². The molecule has 0 aliphatic heterocycles. The monoisotopic (exact) mass is 250 g/mol. The van der Waals surface area contributed by atoms with Crippen molar-refractivity contribution < 1.29 is 4.79 Å². The molecular formula is C13H22N4O. The summed E-state index contributed by atoms with van der Waals surface area (Å²) in [7, 11) is 4.04. The highest BCUT2D eigenvalue weighted by Gasteiger charge is 2.05. The van der Waals surface area contributed by atoms with Gasteiger partial charge in [-0.2, -0.15) is 0 Å². The number of carbonyl (C=O) groups excluding carboxylic acids is 1. The summed E-state index contributed by atoms with van der Waals surface area (Å²) in [6.45, 7) is 4.48. The zero-order valence-electron chi connectivity index (χ0n) is 11.4. The van der Waals surface area contributed by atoms with Crippen LogP contribution in [0.25, 0.3) is 0 Å². The van der Waals surface area contributed by atoms with Crippen molar-refractivity contribution in [3.05, 3.63) is 24.0 Å². The fraction of sp³-hybridized carbons (Fsp3) is 0.538.